The number of hydrogen-bond acceptors (Lipinski definition) is 6. The summed E-state index contributed by atoms with van der Waals surface area (Å²) in [6.45, 7) is 5.60. The quantitative estimate of drug-likeness (QED) is 0.510. The van der Waals surface area contributed by atoms with Crippen LogP contribution >= 0.6 is 0 Å². The average molecular weight is 451 g/mol. The molecule has 3 N–H and O–H groups in total. The van der Waals surface area contributed by atoms with Gasteiger partial charge in [0.05, 0.1) is 18.1 Å². The van der Waals surface area contributed by atoms with Crippen LogP contribution in [-0.4, -0.2) is 46.2 Å². The Morgan fingerprint density at radius 3 is 2.65 bits per heavy atom. The molecule has 8 nitrogen and oxygen atoms in total. The molecule has 0 radical (unpaired) electrons. The van der Waals surface area contributed by atoms with Crippen molar-refractivity contribution in [2.24, 2.45) is 5.41 Å². The number of H-pyrrole nitrogens is 1. The molecule has 0 aromatic carbocycles. The highest BCUT2D eigenvalue weighted by molar-refractivity contribution is 7.89. The fourth-order valence-electron chi connectivity index (χ4n) is 3.16. The van der Waals surface area contributed by atoms with Gasteiger partial charge in [-0.15, -0.1) is 0 Å². The SMILES string of the molecule is CC(C)(C)C(CS(=O)(=O)NC1CC1)Nc1nc(-c2c[nH]c3ncc(F)cc23)ncc1F. The van der Waals surface area contributed by atoms with Crippen LogP contribution in [0.3, 0.4) is 0 Å². The maximum absolute atomic E-state index is 14.6. The molecule has 3 heterocycles. The van der Waals surface area contributed by atoms with Crippen molar-refractivity contribution in [2.75, 3.05) is 11.1 Å². The molecule has 1 aliphatic carbocycles. The Kier molecular flexibility index (Phi) is 5.42. The van der Waals surface area contributed by atoms with Gasteiger partial charge in [-0.2, -0.15) is 0 Å². The number of halogens is 2. The van der Waals surface area contributed by atoms with E-state index < -0.39 is 33.1 Å². The van der Waals surface area contributed by atoms with Crippen molar-refractivity contribution in [2.45, 2.75) is 45.7 Å². The summed E-state index contributed by atoms with van der Waals surface area (Å²) in [5, 5.41) is 3.41. The van der Waals surface area contributed by atoms with E-state index >= 15 is 0 Å². The molecule has 1 fully saturated rings. The van der Waals surface area contributed by atoms with Crippen molar-refractivity contribution in [1.29, 1.82) is 0 Å². The monoisotopic (exact) mass is 450 g/mol. The Morgan fingerprint density at radius 2 is 1.97 bits per heavy atom. The molecule has 3 aromatic heterocycles. The normalized spacial score (nSPS) is 15.9. The van der Waals surface area contributed by atoms with E-state index in [1.54, 1.807) is 6.20 Å². The van der Waals surface area contributed by atoms with Crippen LogP contribution in [0, 0.1) is 17.0 Å². The predicted octanol–water partition coefficient (Wildman–Crippen LogP) is 3.21. The van der Waals surface area contributed by atoms with Crippen molar-refractivity contribution in [1.82, 2.24) is 24.7 Å². The van der Waals surface area contributed by atoms with Crippen LogP contribution in [0.5, 0.6) is 0 Å². The summed E-state index contributed by atoms with van der Waals surface area (Å²) in [6, 6.07) is 0.661. The Labute approximate surface area is 179 Å². The number of fused-ring (bicyclic) bond motifs is 1. The van der Waals surface area contributed by atoms with E-state index in [9.17, 15) is 17.2 Å². The summed E-state index contributed by atoms with van der Waals surface area (Å²) in [4.78, 5) is 15.2. The van der Waals surface area contributed by atoms with E-state index in [0.717, 1.165) is 25.2 Å². The highest BCUT2D eigenvalue weighted by Crippen LogP contribution is 2.29. The number of anilines is 1. The van der Waals surface area contributed by atoms with Crippen LogP contribution in [0.4, 0.5) is 14.6 Å². The summed E-state index contributed by atoms with van der Waals surface area (Å²) >= 11 is 0. The molecule has 0 saturated heterocycles. The van der Waals surface area contributed by atoms with Gasteiger partial charge in [0.2, 0.25) is 10.0 Å². The maximum atomic E-state index is 14.6. The first-order chi connectivity index (χ1) is 14.5. The summed E-state index contributed by atoms with van der Waals surface area (Å²) in [5.41, 5.74) is 0.396. The smallest absolute Gasteiger partial charge is 0.213 e. The molecule has 1 unspecified atom stereocenters. The molecule has 166 valence electrons. The summed E-state index contributed by atoms with van der Waals surface area (Å²) in [5.74, 6) is -1.42. The minimum absolute atomic E-state index is 0.0103. The van der Waals surface area contributed by atoms with Gasteiger partial charge in [-0.05, 0) is 24.3 Å². The van der Waals surface area contributed by atoms with Crippen molar-refractivity contribution in [3.63, 3.8) is 0 Å². The first-order valence-corrected chi connectivity index (χ1v) is 11.6. The molecule has 4 rings (SSSR count). The van der Waals surface area contributed by atoms with E-state index in [0.29, 0.717) is 16.6 Å². The van der Waals surface area contributed by atoms with Crippen molar-refractivity contribution in [3.05, 3.63) is 36.3 Å². The molecule has 1 atom stereocenters. The van der Waals surface area contributed by atoms with Gasteiger partial charge in [0.1, 0.15) is 11.5 Å². The van der Waals surface area contributed by atoms with Gasteiger partial charge in [0.15, 0.2) is 17.5 Å². The second kappa shape index (κ2) is 7.79. The van der Waals surface area contributed by atoms with E-state index in [-0.39, 0.29) is 23.4 Å². The largest absolute Gasteiger partial charge is 0.363 e. The number of nitrogens with one attached hydrogen (secondary N) is 3. The molecule has 3 aromatic rings. The van der Waals surface area contributed by atoms with Gasteiger partial charge in [0.25, 0.3) is 0 Å². The van der Waals surface area contributed by atoms with E-state index in [4.69, 9.17) is 0 Å². The van der Waals surface area contributed by atoms with Gasteiger partial charge in [0, 0.05) is 29.2 Å². The van der Waals surface area contributed by atoms with E-state index in [1.807, 2.05) is 20.8 Å². The van der Waals surface area contributed by atoms with Gasteiger partial charge in [-0.1, -0.05) is 20.8 Å². The number of aromatic amines is 1. The second-order valence-electron chi connectivity index (χ2n) is 8.88. The topological polar surface area (TPSA) is 113 Å². The lowest BCUT2D eigenvalue weighted by Gasteiger charge is -2.32. The first-order valence-electron chi connectivity index (χ1n) is 9.94. The molecule has 31 heavy (non-hydrogen) atoms. The number of hydrogen-bond donors (Lipinski definition) is 3. The number of aromatic nitrogens is 4. The fraction of sp³-hybridized carbons (Fsp3) is 0.450. The first kappa shape index (κ1) is 21.6. The minimum atomic E-state index is -3.55. The molecule has 0 aliphatic heterocycles. The Balaban J connectivity index is 1.65. The standard InChI is InChI=1S/C20H24F2N6O2S/c1-20(2,3)16(10-31(29,30)28-12-4-5-12)26-19-15(22)9-25-18(27-19)14-8-24-17-13(14)6-11(21)7-23-17/h6-9,12,16,28H,4-5,10H2,1-3H3,(H,23,24)(H,25,26,27). The molecule has 0 amide bonds. The average Bonchev–Trinajstić information content (AvgIpc) is 3.37. The maximum Gasteiger partial charge on any atom is 0.213 e. The van der Waals surface area contributed by atoms with Crippen molar-refractivity contribution in [3.8, 4) is 11.4 Å². The van der Waals surface area contributed by atoms with Crippen LogP contribution in [0.2, 0.25) is 0 Å². The second-order valence-corrected chi connectivity index (χ2v) is 10.7. The summed E-state index contributed by atoms with van der Waals surface area (Å²) in [6.07, 6.45) is 5.32. The molecule has 0 bridgehead atoms. The van der Waals surface area contributed by atoms with Gasteiger partial charge < -0.3 is 10.3 Å². The molecular formula is C20H24F2N6O2S. The van der Waals surface area contributed by atoms with Crippen LogP contribution in [0.1, 0.15) is 33.6 Å². The Bertz CT molecular complexity index is 1220. The summed E-state index contributed by atoms with van der Waals surface area (Å²) in [7, 11) is -3.55. The lowest BCUT2D eigenvalue weighted by Crippen LogP contribution is -2.44. The molecule has 0 spiro atoms. The lowest BCUT2D eigenvalue weighted by atomic mass is 9.88. The highest BCUT2D eigenvalue weighted by Gasteiger charge is 2.34. The fourth-order valence-corrected chi connectivity index (χ4v) is 5.02. The number of pyridine rings is 1. The summed E-state index contributed by atoms with van der Waals surface area (Å²) < 4.78 is 55.9. The molecule has 1 saturated carbocycles. The molecule has 1 aliphatic rings. The van der Waals surface area contributed by atoms with Gasteiger partial charge >= 0.3 is 0 Å². The van der Waals surface area contributed by atoms with E-state index in [2.05, 4.69) is 30.0 Å². The number of rotatable bonds is 7. The molecule has 11 heteroatoms. The van der Waals surface area contributed by atoms with Crippen molar-refractivity contribution < 1.29 is 17.2 Å². The predicted molar refractivity (Wildman–Crippen MR) is 114 cm³/mol. The Hall–Kier alpha value is -2.66. The lowest BCUT2D eigenvalue weighted by molar-refractivity contribution is 0.357. The van der Waals surface area contributed by atoms with Gasteiger partial charge in [-0.25, -0.2) is 36.9 Å². The third-order valence-corrected chi connectivity index (χ3v) is 6.61. The van der Waals surface area contributed by atoms with Crippen LogP contribution in [-0.2, 0) is 10.0 Å². The number of nitrogens with zero attached hydrogens (tertiary/aromatic N) is 3. The minimum Gasteiger partial charge on any atom is -0.363 e. The zero-order chi connectivity index (χ0) is 22.4. The van der Waals surface area contributed by atoms with Crippen molar-refractivity contribution >= 4 is 26.9 Å². The Morgan fingerprint density at radius 1 is 1.23 bits per heavy atom. The third-order valence-electron chi connectivity index (χ3n) is 5.15. The zero-order valence-corrected chi connectivity index (χ0v) is 18.2. The molecular weight excluding hydrogens is 426 g/mol. The van der Waals surface area contributed by atoms with Crippen LogP contribution in [0.25, 0.3) is 22.4 Å². The van der Waals surface area contributed by atoms with E-state index in [1.165, 1.54) is 6.07 Å². The van der Waals surface area contributed by atoms with Gasteiger partial charge in [-0.3, -0.25) is 0 Å². The highest BCUT2D eigenvalue weighted by atomic mass is 32.2. The zero-order valence-electron chi connectivity index (χ0n) is 17.4. The third kappa shape index (κ3) is 4.99. The van der Waals surface area contributed by atoms with Crippen LogP contribution < -0.4 is 10.0 Å². The number of sulfonamides is 1. The van der Waals surface area contributed by atoms with Crippen LogP contribution in [0.15, 0.2) is 24.7 Å².